The van der Waals surface area contributed by atoms with Crippen molar-refractivity contribution >= 4 is 34.0 Å². The number of rotatable bonds is 2. The second-order valence-corrected chi connectivity index (χ2v) is 5.92. The molecule has 0 radical (unpaired) electrons. The third kappa shape index (κ3) is 2.64. The molecule has 0 saturated carbocycles. The molecule has 3 rings (SSSR count). The van der Waals surface area contributed by atoms with E-state index in [2.05, 4.69) is 13.0 Å². The highest BCUT2D eigenvalue weighted by Crippen LogP contribution is 2.36. The Hall–Kier alpha value is -1.57. The topological polar surface area (TPSA) is 0 Å². The molecule has 1 atom stereocenters. The molecule has 0 fully saturated rings. The van der Waals surface area contributed by atoms with Gasteiger partial charge in [-0.05, 0) is 41.0 Å². The highest BCUT2D eigenvalue weighted by Gasteiger charge is 2.18. The molecule has 0 N–H and O–H groups in total. The van der Waals surface area contributed by atoms with Crippen LogP contribution in [0.1, 0.15) is 22.1 Å². The maximum Gasteiger partial charge on any atom is 0.129 e. The van der Waals surface area contributed by atoms with Crippen molar-refractivity contribution in [2.45, 2.75) is 12.3 Å². The van der Waals surface area contributed by atoms with E-state index in [0.717, 1.165) is 16.3 Å². The van der Waals surface area contributed by atoms with Gasteiger partial charge in [-0.25, -0.2) is 4.39 Å². The highest BCUT2D eigenvalue weighted by molar-refractivity contribution is 6.30. The van der Waals surface area contributed by atoms with Gasteiger partial charge in [-0.1, -0.05) is 54.1 Å². The number of hydrogen-bond donors (Lipinski definition) is 0. The van der Waals surface area contributed by atoms with Crippen molar-refractivity contribution in [3.63, 3.8) is 0 Å². The van der Waals surface area contributed by atoms with Crippen molar-refractivity contribution in [3.8, 4) is 0 Å². The van der Waals surface area contributed by atoms with Gasteiger partial charge in [-0.3, -0.25) is 0 Å². The van der Waals surface area contributed by atoms with Crippen LogP contribution in [0.5, 0.6) is 0 Å². The van der Waals surface area contributed by atoms with E-state index in [1.807, 2.05) is 30.3 Å². The summed E-state index contributed by atoms with van der Waals surface area (Å²) in [4.78, 5) is 0. The normalized spacial score (nSPS) is 12.6. The molecule has 0 saturated heterocycles. The van der Waals surface area contributed by atoms with Gasteiger partial charge in [0.05, 0.1) is 5.38 Å². The highest BCUT2D eigenvalue weighted by atomic mass is 35.5. The molecule has 3 aromatic rings. The van der Waals surface area contributed by atoms with E-state index in [1.165, 1.54) is 11.6 Å². The molecule has 1 unspecified atom stereocenters. The summed E-state index contributed by atoms with van der Waals surface area (Å²) in [6.45, 7) is 2.05. The Morgan fingerprint density at radius 1 is 0.905 bits per heavy atom. The lowest BCUT2D eigenvalue weighted by molar-refractivity contribution is 0.612. The van der Waals surface area contributed by atoms with Crippen LogP contribution in [0.3, 0.4) is 0 Å². The molecule has 0 spiro atoms. The van der Waals surface area contributed by atoms with Gasteiger partial charge < -0.3 is 0 Å². The molecule has 0 aromatic heterocycles. The van der Waals surface area contributed by atoms with Crippen molar-refractivity contribution in [2.24, 2.45) is 0 Å². The molecule has 0 aliphatic heterocycles. The van der Waals surface area contributed by atoms with E-state index in [-0.39, 0.29) is 5.82 Å². The van der Waals surface area contributed by atoms with Crippen LogP contribution in [0, 0.1) is 12.7 Å². The Kier molecular flexibility index (Phi) is 3.88. The lowest BCUT2D eigenvalue weighted by Crippen LogP contribution is -1.98. The first kappa shape index (κ1) is 14.4. The standard InChI is InChI=1S/C18H13Cl2F/c1-11-6-8-15(14-5-3-2-4-13(11)14)18(20)16-9-7-12(19)10-17(16)21/h2-10,18H,1H3. The minimum absolute atomic E-state index is 0.369. The van der Waals surface area contributed by atoms with Gasteiger partial charge in [0.15, 0.2) is 0 Å². The van der Waals surface area contributed by atoms with Crippen molar-refractivity contribution in [2.75, 3.05) is 0 Å². The summed E-state index contributed by atoms with van der Waals surface area (Å²) >= 11 is 12.3. The Labute approximate surface area is 133 Å². The SMILES string of the molecule is Cc1ccc(C(Cl)c2ccc(Cl)cc2F)c2ccccc12. The predicted octanol–water partition coefficient (Wildman–Crippen LogP) is 6.27. The largest absolute Gasteiger partial charge is 0.207 e. The first-order valence-corrected chi connectivity index (χ1v) is 7.46. The molecule has 0 aliphatic carbocycles. The molecule has 106 valence electrons. The Morgan fingerprint density at radius 2 is 1.57 bits per heavy atom. The second kappa shape index (κ2) is 5.67. The molecular weight excluding hydrogens is 306 g/mol. The third-order valence-corrected chi connectivity index (χ3v) is 4.39. The van der Waals surface area contributed by atoms with Crippen LogP contribution in [0.15, 0.2) is 54.6 Å². The maximum atomic E-state index is 14.1. The number of fused-ring (bicyclic) bond motifs is 1. The fraction of sp³-hybridized carbons (Fsp3) is 0.111. The van der Waals surface area contributed by atoms with Crippen LogP contribution in [-0.2, 0) is 0 Å². The van der Waals surface area contributed by atoms with Crippen LogP contribution in [-0.4, -0.2) is 0 Å². The molecule has 0 bridgehead atoms. The molecule has 3 heteroatoms. The van der Waals surface area contributed by atoms with Gasteiger partial charge in [0.2, 0.25) is 0 Å². The number of hydrogen-bond acceptors (Lipinski definition) is 0. The van der Waals surface area contributed by atoms with Gasteiger partial charge in [-0.2, -0.15) is 0 Å². The van der Waals surface area contributed by atoms with Crippen molar-refractivity contribution in [1.29, 1.82) is 0 Å². The lowest BCUT2D eigenvalue weighted by atomic mass is 9.95. The number of aryl methyl sites for hydroxylation is 1. The van der Waals surface area contributed by atoms with E-state index < -0.39 is 5.38 Å². The number of benzene rings is 3. The number of halogens is 3. The number of alkyl halides is 1. The van der Waals surface area contributed by atoms with Crippen molar-refractivity contribution in [1.82, 2.24) is 0 Å². The van der Waals surface area contributed by atoms with Crippen LogP contribution < -0.4 is 0 Å². The minimum Gasteiger partial charge on any atom is -0.207 e. The summed E-state index contributed by atoms with van der Waals surface area (Å²) in [5.41, 5.74) is 2.52. The quantitative estimate of drug-likeness (QED) is 0.488. The second-order valence-electron chi connectivity index (χ2n) is 5.05. The fourth-order valence-corrected chi connectivity index (χ4v) is 3.09. The molecule has 0 heterocycles. The summed E-state index contributed by atoms with van der Waals surface area (Å²) in [6.07, 6.45) is 0. The molecule has 3 aromatic carbocycles. The van der Waals surface area contributed by atoms with Gasteiger partial charge in [-0.15, -0.1) is 11.6 Å². The third-order valence-electron chi connectivity index (χ3n) is 3.68. The Balaban J connectivity index is 2.18. The van der Waals surface area contributed by atoms with Gasteiger partial charge in [0, 0.05) is 10.6 Å². The van der Waals surface area contributed by atoms with Gasteiger partial charge >= 0.3 is 0 Å². The average Bonchev–Trinajstić information content (AvgIpc) is 2.47. The van der Waals surface area contributed by atoms with Gasteiger partial charge in [0.25, 0.3) is 0 Å². The van der Waals surface area contributed by atoms with Crippen molar-refractivity contribution < 1.29 is 4.39 Å². The zero-order chi connectivity index (χ0) is 15.0. The van der Waals surface area contributed by atoms with Crippen LogP contribution in [0.2, 0.25) is 5.02 Å². The fourth-order valence-electron chi connectivity index (χ4n) is 2.57. The first-order chi connectivity index (χ1) is 10.1. The van der Waals surface area contributed by atoms with Crippen molar-refractivity contribution in [3.05, 3.63) is 82.1 Å². The molecule has 0 amide bonds. The zero-order valence-electron chi connectivity index (χ0n) is 11.4. The summed E-state index contributed by atoms with van der Waals surface area (Å²) in [6, 6.07) is 16.6. The van der Waals surface area contributed by atoms with E-state index in [1.54, 1.807) is 12.1 Å². The van der Waals surface area contributed by atoms with Crippen LogP contribution in [0.25, 0.3) is 10.8 Å². The Morgan fingerprint density at radius 3 is 2.29 bits per heavy atom. The summed E-state index contributed by atoms with van der Waals surface area (Å²) in [5.74, 6) is -0.382. The van der Waals surface area contributed by atoms with Crippen LogP contribution >= 0.6 is 23.2 Å². The minimum atomic E-state index is -0.548. The molecule has 0 aliphatic rings. The van der Waals surface area contributed by atoms with E-state index >= 15 is 0 Å². The lowest BCUT2D eigenvalue weighted by Gasteiger charge is -2.15. The zero-order valence-corrected chi connectivity index (χ0v) is 12.9. The average molecular weight is 319 g/mol. The van der Waals surface area contributed by atoms with E-state index in [0.29, 0.717) is 10.6 Å². The van der Waals surface area contributed by atoms with Gasteiger partial charge in [0.1, 0.15) is 5.82 Å². The molecule has 0 nitrogen and oxygen atoms in total. The van der Waals surface area contributed by atoms with E-state index in [4.69, 9.17) is 23.2 Å². The molecule has 21 heavy (non-hydrogen) atoms. The maximum absolute atomic E-state index is 14.1. The summed E-state index contributed by atoms with van der Waals surface area (Å²) < 4.78 is 14.1. The first-order valence-electron chi connectivity index (χ1n) is 6.65. The van der Waals surface area contributed by atoms with Crippen LogP contribution in [0.4, 0.5) is 4.39 Å². The predicted molar refractivity (Wildman–Crippen MR) is 87.8 cm³/mol. The summed E-state index contributed by atoms with van der Waals surface area (Å²) in [5, 5.41) is 2.00. The smallest absolute Gasteiger partial charge is 0.129 e. The summed E-state index contributed by atoms with van der Waals surface area (Å²) in [7, 11) is 0. The molecular formula is C18H13Cl2F. The van der Waals surface area contributed by atoms with E-state index in [9.17, 15) is 4.39 Å². The Bertz CT molecular complexity index is 811. The monoisotopic (exact) mass is 318 g/mol.